The number of nitro groups is 1. The second-order valence-electron chi connectivity index (χ2n) is 6.25. The van der Waals surface area contributed by atoms with Crippen LogP contribution in [0.15, 0.2) is 46.9 Å². The van der Waals surface area contributed by atoms with Crippen molar-refractivity contribution >= 4 is 44.8 Å². The number of nitrogens with zero attached hydrogens (tertiary/aromatic N) is 1. The number of hydrogen-bond donors (Lipinski definition) is 2. The molecule has 0 saturated heterocycles. The summed E-state index contributed by atoms with van der Waals surface area (Å²) in [5, 5.41) is 16.8. The van der Waals surface area contributed by atoms with Crippen molar-refractivity contribution in [2.45, 2.75) is 26.4 Å². The minimum Gasteiger partial charge on any atom is -0.444 e. The summed E-state index contributed by atoms with van der Waals surface area (Å²) in [5.74, 6) is 0. The van der Waals surface area contributed by atoms with E-state index in [4.69, 9.17) is 4.74 Å². The molecule has 0 radical (unpaired) electrons. The summed E-state index contributed by atoms with van der Waals surface area (Å²) < 4.78 is 5.81. The van der Waals surface area contributed by atoms with Crippen LogP contribution in [0.5, 0.6) is 0 Å². The zero-order valence-corrected chi connectivity index (χ0v) is 15.6. The van der Waals surface area contributed by atoms with Crippen LogP contribution in [0.3, 0.4) is 0 Å². The normalized spacial score (nSPS) is 10.9. The summed E-state index contributed by atoms with van der Waals surface area (Å²) in [4.78, 5) is 22.5. The Labute approximate surface area is 153 Å². The molecule has 1 amide bonds. The Morgan fingerprint density at radius 3 is 2.48 bits per heavy atom. The summed E-state index contributed by atoms with van der Waals surface area (Å²) in [6.45, 7) is 5.33. The molecule has 0 spiro atoms. The van der Waals surface area contributed by atoms with E-state index >= 15 is 0 Å². The molecule has 8 heteroatoms. The largest absolute Gasteiger partial charge is 0.444 e. The molecule has 0 atom stereocenters. The second kappa shape index (κ2) is 7.52. The highest BCUT2D eigenvalue weighted by Crippen LogP contribution is 2.31. The molecule has 0 aliphatic heterocycles. The van der Waals surface area contributed by atoms with E-state index in [2.05, 4.69) is 26.6 Å². The lowest BCUT2D eigenvalue weighted by atomic mass is 10.2. The Morgan fingerprint density at radius 2 is 1.84 bits per heavy atom. The van der Waals surface area contributed by atoms with Gasteiger partial charge in [0.05, 0.1) is 4.92 Å². The quantitative estimate of drug-likeness (QED) is 0.519. The van der Waals surface area contributed by atoms with Gasteiger partial charge in [0, 0.05) is 21.9 Å². The van der Waals surface area contributed by atoms with Gasteiger partial charge < -0.3 is 10.1 Å². The molecule has 0 bridgehead atoms. The van der Waals surface area contributed by atoms with Crippen molar-refractivity contribution in [2.24, 2.45) is 0 Å². The predicted molar refractivity (Wildman–Crippen MR) is 100 cm³/mol. The van der Waals surface area contributed by atoms with Crippen LogP contribution in [0.4, 0.5) is 27.5 Å². The third kappa shape index (κ3) is 5.75. The second-order valence-corrected chi connectivity index (χ2v) is 7.17. The lowest BCUT2D eigenvalue weighted by Crippen LogP contribution is -2.27. The number of rotatable bonds is 4. The molecule has 0 unspecified atom stereocenters. The van der Waals surface area contributed by atoms with Gasteiger partial charge in [-0.25, -0.2) is 4.79 Å². The SMILES string of the molecule is CC(C)(C)OC(=O)Nc1cccc(Nc2ccc(Br)cc2[N+](=O)[O-])c1. The predicted octanol–water partition coefficient (Wildman–Crippen LogP) is 5.45. The van der Waals surface area contributed by atoms with Gasteiger partial charge in [-0.3, -0.25) is 15.4 Å². The first-order chi connectivity index (χ1) is 11.6. The number of amides is 1. The van der Waals surface area contributed by atoms with Crippen LogP contribution in [0.1, 0.15) is 20.8 Å². The minimum absolute atomic E-state index is 0.0557. The molecule has 2 rings (SSSR count). The molecule has 25 heavy (non-hydrogen) atoms. The first kappa shape index (κ1) is 18.7. The van der Waals surface area contributed by atoms with E-state index in [1.807, 2.05) is 0 Å². The number of carbonyl (C=O) groups excluding carboxylic acids is 1. The Hall–Kier alpha value is -2.61. The zero-order chi connectivity index (χ0) is 18.6. The molecule has 0 aromatic heterocycles. The molecule has 0 fully saturated rings. The molecule has 0 heterocycles. The number of halogens is 1. The van der Waals surface area contributed by atoms with Crippen LogP contribution in [0.2, 0.25) is 0 Å². The van der Waals surface area contributed by atoms with Crippen molar-refractivity contribution in [3.8, 4) is 0 Å². The van der Waals surface area contributed by atoms with Gasteiger partial charge in [0.1, 0.15) is 11.3 Å². The van der Waals surface area contributed by atoms with Gasteiger partial charge in [-0.1, -0.05) is 22.0 Å². The number of ether oxygens (including phenoxy) is 1. The van der Waals surface area contributed by atoms with Crippen LogP contribution in [0.25, 0.3) is 0 Å². The first-order valence-electron chi connectivity index (χ1n) is 7.45. The lowest BCUT2D eigenvalue weighted by Gasteiger charge is -2.19. The third-order valence-corrected chi connectivity index (χ3v) is 3.44. The van der Waals surface area contributed by atoms with Crippen LogP contribution in [0, 0.1) is 10.1 Å². The van der Waals surface area contributed by atoms with E-state index < -0.39 is 16.6 Å². The van der Waals surface area contributed by atoms with Crippen LogP contribution >= 0.6 is 15.9 Å². The molecular weight excluding hydrogens is 390 g/mol. The molecule has 0 aliphatic rings. The van der Waals surface area contributed by atoms with E-state index in [0.29, 0.717) is 21.5 Å². The lowest BCUT2D eigenvalue weighted by molar-refractivity contribution is -0.384. The van der Waals surface area contributed by atoms with E-state index in [9.17, 15) is 14.9 Å². The van der Waals surface area contributed by atoms with Crippen molar-refractivity contribution in [2.75, 3.05) is 10.6 Å². The molecule has 0 saturated carbocycles. The standard InChI is InChI=1S/C17H18BrN3O4/c1-17(2,3)25-16(22)20-13-6-4-5-12(10-13)19-14-8-7-11(18)9-15(14)21(23)24/h4-10,19H,1-3H3,(H,20,22). The zero-order valence-electron chi connectivity index (χ0n) is 14.0. The molecule has 7 nitrogen and oxygen atoms in total. The van der Waals surface area contributed by atoms with Crippen molar-refractivity contribution in [3.63, 3.8) is 0 Å². The van der Waals surface area contributed by atoms with E-state index in [-0.39, 0.29) is 5.69 Å². The van der Waals surface area contributed by atoms with Crippen molar-refractivity contribution in [3.05, 3.63) is 57.1 Å². The molecule has 132 valence electrons. The number of carbonyl (C=O) groups is 1. The van der Waals surface area contributed by atoms with Crippen molar-refractivity contribution in [1.29, 1.82) is 0 Å². The van der Waals surface area contributed by atoms with Gasteiger partial charge in [-0.15, -0.1) is 0 Å². The van der Waals surface area contributed by atoms with Gasteiger partial charge in [0.25, 0.3) is 5.69 Å². The summed E-state index contributed by atoms with van der Waals surface area (Å²) in [7, 11) is 0. The van der Waals surface area contributed by atoms with Gasteiger partial charge in [-0.05, 0) is 51.1 Å². The highest BCUT2D eigenvalue weighted by atomic mass is 79.9. The Balaban J connectivity index is 2.17. The highest BCUT2D eigenvalue weighted by molar-refractivity contribution is 9.10. The summed E-state index contributed by atoms with van der Waals surface area (Å²) in [6.07, 6.45) is -0.570. The van der Waals surface area contributed by atoms with Gasteiger partial charge in [0.2, 0.25) is 0 Å². The van der Waals surface area contributed by atoms with E-state index in [0.717, 1.165) is 0 Å². The fourth-order valence-electron chi connectivity index (χ4n) is 2.01. The minimum atomic E-state index is -0.599. The van der Waals surface area contributed by atoms with Gasteiger partial charge in [-0.2, -0.15) is 0 Å². The first-order valence-corrected chi connectivity index (χ1v) is 8.24. The summed E-state index contributed by atoms with van der Waals surface area (Å²) >= 11 is 3.22. The fraction of sp³-hybridized carbons (Fsp3) is 0.235. The van der Waals surface area contributed by atoms with Crippen LogP contribution < -0.4 is 10.6 Å². The molecule has 0 aliphatic carbocycles. The average molecular weight is 408 g/mol. The Kier molecular flexibility index (Phi) is 5.63. The van der Waals surface area contributed by atoms with Crippen LogP contribution in [-0.2, 0) is 4.74 Å². The maximum atomic E-state index is 11.8. The van der Waals surface area contributed by atoms with Crippen molar-refractivity contribution < 1.29 is 14.5 Å². The van der Waals surface area contributed by atoms with E-state index in [1.54, 1.807) is 57.2 Å². The maximum absolute atomic E-state index is 11.8. The topological polar surface area (TPSA) is 93.5 Å². The molecule has 2 aromatic carbocycles. The molecule has 2 N–H and O–H groups in total. The maximum Gasteiger partial charge on any atom is 0.412 e. The van der Waals surface area contributed by atoms with Crippen LogP contribution in [-0.4, -0.2) is 16.6 Å². The molecule has 2 aromatic rings. The number of nitrogens with one attached hydrogen (secondary N) is 2. The Bertz CT molecular complexity index is 803. The average Bonchev–Trinajstić information content (AvgIpc) is 2.47. The Morgan fingerprint density at radius 1 is 1.16 bits per heavy atom. The third-order valence-electron chi connectivity index (χ3n) is 2.94. The smallest absolute Gasteiger partial charge is 0.412 e. The number of benzene rings is 2. The summed E-state index contributed by atoms with van der Waals surface area (Å²) in [6, 6.07) is 11.6. The van der Waals surface area contributed by atoms with Gasteiger partial charge >= 0.3 is 6.09 Å². The number of hydrogen-bond acceptors (Lipinski definition) is 5. The molecular formula is C17H18BrN3O4. The van der Waals surface area contributed by atoms with Gasteiger partial charge in [0.15, 0.2) is 0 Å². The number of anilines is 3. The van der Waals surface area contributed by atoms with E-state index in [1.165, 1.54) is 6.07 Å². The number of nitro benzene ring substituents is 1. The summed E-state index contributed by atoms with van der Waals surface area (Å²) in [5.41, 5.74) is 0.804. The monoisotopic (exact) mass is 407 g/mol. The highest BCUT2D eigenvalue weighted by Gasteiger charge is 2.17. The fourth-order valence-corrected chi connectivity index (χ4v) is 2.36. The van der Waals surface area contributed by atoms with Crippen molar-refractivity contribution in [1.82, 2.24) is 0 Å².